The van der Waals surface area contributed by atoms with Gasteiger partial charge >= 0.3 is 0 Å². The molecular formula is C22H18ClN3O2. The van der Waals surface area contributed by atoms with Crippen LogP contribution < -0.4 is 9.47 Å². The molecule has 3 heterocycles. The number of aromatic nitrogens is 1. The summed E-state index contributed by atoms with van der Waals surface area (Å²) in [5.74, 6) is 1.51. The third-order valence-electron chi connectivity index (χ3n) is 5.17. The van der Waals surface area contributed by atoms with Gasteiger partial charge in [0, 0.05) is 35.0 Å². The highest BCUT2D eigenvalue weighted by Crippen LogP contribution is 2.50. The normalized spacial score (nSPS) is 20.1. The minimum Gasteiger partial charge on any atom is -0.493 e. The highest BCUT2D eigenvalue weighted by molar-refractivity contribution is 6.30. The van der Waals surface area contributed by atoms with Crippen LogP contribution in [0, 0.1) is 0 Å². The Balaban J connectivity index is 1.61. The molecule has 2 aromatic carbocycles. The Morgan fingerprint density at radius 2 is 1.86 bits per heavy atom. The van der Waals surface area contributed by atoms with E-state index in [0.717, 1.165) is 40.3 Å². The highest BCUT2D eigenvalue weighted by atomic mass is 35.5. The van der Waals surface area contributed by atoms with Crippen molar-refractivity contribution in [3.63, 3.8) is 0 Å². The molecule has 3 aromatic rings. The standard InChI is InChI=1S/C22H18ClN3O2/c1-27-20-4-2-3-17-19-13-18(14-5-7-16(23)8-6-14)25-26(19)22(28-21(17)20)15-9-11-24-12-10-15/h2-12,19,22H,13H2,1H3/t19-,22+/m1/s1. The molecule has 0 bridgehead atoms. The Kier molecular flexibility index (Phi) is 4.17. The van der Waals surface area contributed by atoms with Gasteiger partial charge in [-0.1, -0.05) is 35.9 Å². The zero-order valence-corrected chi connectivity index (χ0v) is 16.0. The van der Waals surface area contributed by atoms with Gasteiger partial charge in [-0.2, -0.15) is 5.10 Å². The van der Waals surface area contributed by atoms with Crippen LogP contribution in [-0.2, 0) is 0 Å². The predicted octanol–water partition coefficient (Wildman–Crippen LogP) is 4.99. The largest absolute Gasteiger partial charge is 0.493 e. The average Bonchev–Trinajstić information content (AvgIpc) is 3.19. The monoisotopic (exact) mass is 391 g/mol. The number of hydrogen-bond acceptors (Lipinski definition) is 5. The van der Waals surface area contributed by atoms with Gasteiger partial charge in [0.1, 0.15) is 0 Å². The van der Waals surface area contributed by atoms with Crippen molar-refractivity contribution in [3.05, 3.63) is 88.7 Å². The van der Waals surface area contributed by atoms with Crippen LogP contribution in [0.15, 0.2) is 72.1 Å². The van der Waals surface area contributed by atoms with Gasteiger partial charge in [-0.05, 0) is 35.9 Å². The summed E-state index contributed by atoms with van der Waals surface area (Å²) in [7, 11) is 1.66. The zero-order chi connectivity index (χ0) is 19.1. The van der Waals surface area contributed by atoms with Crippen molar-refractivity contribution < 1.29 is 9.47 Å². The molecule has 0 saturated carbocycles. The maximum Gasteiger partial charge on any atom is 0.214 e. The maximum absolute atomic E-state index is 6.40. The van der Waals surface area contributed by atoms with Crippen LogP contribution in [0.25, 0.3) is 0 Å². The van der Waals surface area contributed by atoms with E-state index in [9.17, 15) is 0 Å². The fourth-order valence-electron chi connectivity index (χ4n) is 3.81. The van der Waals surface area contributed by atoms with E-state index < -0.39 is 0 Å². The molecule has 1 aromatic heterocycles. The molecule has 0 radical (unpaired) electrons. The van der Waals surface area contributed by atoms with E-state index in [2.05, 4.69) is 11.1 Å². The van der Waals surface area contributed by atoms with E-state index in [1.165, 1.54) is 0 Å². The molecule has 0 aliphatic carbocycles. The molecule has 5 rings (SSSR count). The number of fused-ring (bicyclic) bond motifs is 3. The van der Waals surface area contributed by atoms with Gasteiger partial charge in [-0.25, -0.2) is 5.01 Å². The van der Waals surface area contributed by atoms with Crippen molar-refractivity contribution in [1.29, 1.82) is 0 Å². The SMILES string of the molecule is COc1cccc2c1O[C@@H](c1ccncc1)N1N=C(c3ccc(Cl)cc3)C[C@H]21. The molecule has 0 N–H and O–H groups in total. The van der Waals surface area contributed by atoms with Crippen LogP contribution in [0.2, 0.25) is 5.02 Å². The third-order valence-corrected chi connectivity index (χ3v) is 5.42. The lowest BCUT2D eigenvalue weighted by Gasteiger charge is -2.38. The molecule has 0 saturated heterocycles. The Labute approximate surface area is 168 Å². The number of para-hydroxylation sites is 1. The fraction of sp³-hybridized carbons (Fsp3) is 0.182. The lowest BCUT2D eigenvalue weighted by molar-refractivity contribution is -0.0209. The van der Waals surface area contributed by atoms with Crippen LogP contribution in [0.4, 0.5) is 0 Å². The predicted molar refractivity (Wildman–Crippen MR) is 108 cm³/mol. The highest BCUT2D eigenvalue weighted by Gasteiger charge is 2.42. The molecule has 6 heteroatoms. The summed E-state index contributed by atoms with van der Waals surface area (Å²) in [5.41, 5.74) is 4.16. The van der Waals surface area contributed by atoms with Gasteiger partial charge < -0.3 is 9.47 Å². The van der Waals surface area contributed by atoms with E-state index in [1.54, 1.807) is 19.5 Å². The molecule has 0 unspecified atom stereocenters. The number of halogens is 1. The summed E-state index contributed by atoms with van der Waals surface area (Å²) >= 11 is 6.05. The number of benzene rings is 2. The van der Waals surface area contributed by atoms with E-state index in [-0.39, 0.29) is 12.3 Å². The van der Waals surface area contributed by atoms with E-state index >= 15 is 0 Å². The maximum atomic E-state index is 6.40. The lowest BCUT2D eigenvalue weighted by atomic mass is 9.95. The van der Waals surface area contributed by atoms with Crippen molar-refractivity contribution in [2.75, 3.05) is 7.11 Å². The van der Waals surface area contributed by atoms with Gasteiger partial charge in [0.15, 0.2) is 11.5 Å². The number of rotatable bonds is 3. The Bertz CT molecular complexity index is 1040. The average molecular weight is 392 g/mol. The van der Waals surface area contributed by atoms with E-state index in [0.29, 0.717) is 5.02 Å². The van der Waals surface area contributed by atoms with Gasteiger partial charge in [-0.15, -0.1) is 0 Å². The first-order chi connectivity index (χ1) is 13.7. The number of pyridine rings is 1. The molecule has 0 fully saturated rings. The Morgan fingerprint density at radius 1 is 1.07 bits per heavy atom. The van der Waals surface area contributed by atoms with Crippen LogP contribution >= 0.6 is 11.6 Å². The first-order valence-electron chi connectivity index (χ1n) is 9.10. The van der Waals surface area contributed by atoms with Gasteiger partial charge in [0.05, 0.1) is 18.9 Å². The molecule has 5 nitrogen and oxygen atoms in total. The molecule has 2 aliphatic heterocycles. The van der Waals surface area contributed by atoms with Gasteiger partial charge in [-0.3, -0.25) is 4.98 Å². The van der Waals surface area contributed by atoms with Crippen LogP contribution in [-0.4, -0.2) is 22.8 Å². The smallest absolute Gasteiger partial charge is 0.214 e. The zero-order valence-electron chi connectivity index (χ0n) is 15.2. The summed E-state index contributed by atoms with van der Waals surface area (Å²) in [4.78, 5) is 4.13. The van der Waals surface area contributed by atoms with Crippen molar-refractivity contribution in [2.45, 2.75) is 18.7 Å². The fourth-order valence-corrected chi connectivity index (χ4v) is 3.94. The summed E-state index contributed by atoms with van der Waals surface area (Å²) in [6, 6.07) is 17.8. The van der Waals surface area contributed by atoms with E-state index in [1.807, 2.05) is 53.5 Å². The molecule has 0 spiro atoms. The van der Waals surface area contributed by atoms with Crippen molar-refractivity contribution >= 4 is 17.3 Å². The molecule has 2 aliphatic rings. The summed E-state index contributed by atoms with van der Waals surface area (Å²) in [6.07, 6.45) is 3.98. The topological polar surface area (TPSA) is 47.0 Å². The Hall–Kier alpha value is -3.05. The molecule has 140 valence electrons. The number of hydrazone groups is 1. The molecule has 28 heavy (non-hydrogen) atoms. The molecule has 0 amide bonds. The molecule has 2 atom stereocenters. The van der Waals surface area contributed by atoms with E-state index in [4.69, 9.17) is 26.2 Å². The minimum absolute atomic E-state index is 0.0719. The summed E-state index contributed by atoms with van der Waals surface area (Å²) < 4.78 is 12.0. The number of ether oxygens (including phenoxy) is 2. The molecular weight excluding hydrogens is 374 g/mol. The van der Waals surface area contributed by atoms with Crippen molar-refractivity contribution in [1.82, 2.24) is 9.99 Å². The third kappa shape index (κ3) is 2.79. The number of methoxy groups -OCH3 is 1. The van der Waals surface area contributed by atoms with Crippen LogP contribution in [0.5, 0.6) is 11.5 Å². The first-order valence-corrected chi connectivity index (χ1v) is 9.47. The van der Waals surface area contributed by atoms with Crippen molar-refractivity contribution in [3.8, 4) is 11.5 Å². The van der Waals surface area contributed by atoms with Crippen molar-refractivity contribution in [2.24, 2.45) is 5.10 Å². The first kappa shape index (κ1) is 17.1. The number of hydrogen-bond donors (Lipinski definition) is 0. The second-order valence-electron chi connectivity index (χ2n) is 6.78. The second-order valence-corrected chi connectivity index (χ2v) is 7.22. The minimum atomic E-state index is -0.346. The van der Waals surface area contributed by atoms with Gasteiger partial charge in [0.25, 0.3) is 0 Å². The van der Waals surface area contributed by atoms with Gasteiger partial charge in [0.2, 0.25) is 6.23 Å². The summed E-state index contributed by atoms with van der Waals surface area (Å²) in [5, 5.41) is 7.70. The van der Waals surface area contributed by atoms with Crippen LogP contribution in [0.1, 0.15) is 35.4 Å². The van der Waals surface area contributed by atoms with Crippen LogP contribution in [0.3, 0.4) is 0 Å². The number of nitrogens with zero attached hydrogens (tertiary/aromatic N) is 3. The lowest BCUT2D eigenvalue weighted by Crippen LogP contribution is -2.33. The second kappa shape index (κ2) is 6.84. The quantitative estimate of drug-likeness (QED) is 0.631. The Morgan fingerprint density at radius 3 is 2.61 bits per heavy atom. The summed E-state index contributed by atoms with van der Waals surface area (Å²) in [6.45, 7) is 0.